The van der Waals surface area contributed by atoms with Gasteiger partial charge < -0.3 is 5.73 Å². The molecule has 0 atom stereocenters. The molecule has 0 aliphatic rings. The van der Waals surface area contributed by atoms with Crippen LogP contribution in [0.1, 0.15) is 10.4 Å². The number of nitrogens with two attached hydrogens (primary N) is 1. The van der Waals surface area contributed by atoms with Crippen molar-refractivity contribution in [3.8, 4) is 0 Å². The van der Waals surface area contributed by atoms with Crippen molar-refractivity contribution in [2.24, 2.45) is 5.73 Å². The van der Waals surface area contributed by atoms with Crippen LogP contribution in [0.3, 0.4) is 0 Å². The molecule has 2 aromatic heterocycles. The third kappa shape index (κ3) is 3.84. The minimum atomic E-state index is -3.43. The minimum absolute atomic E-state index is 0.285. The molecule has 0 aliphatic heterocycles. The quantitative estimate of drug-likeness (QED) is 0.837. The van der Waals surface area contributed by atoms with Crippen LogP contribution in [0.25, 0.3) is 0 Å². The van der Waals surface area contributed by atoms with Gasteiger partial charge in [-0.15, -0.1) is 11.3 Å². The van der Waals surface area contributed by atoms with E-state index < -0.39 is 10.0 Å². The van der Waals surface area contributed by atoms with Gasteiger partial charge in [-0.3, -0.25) is 4.98 Å². The number of aromatic nitrogens is 1. The number of nitrogens with one attached hydrogen (secondary N) is 1. The smallest absolute Gasteiger partial charge is 0.241 e. The van der Waals surface area contributed by atoms with Crippen molar-refractivity contribution in [2.75, 3.05) is 6.54 Å². The molecule has 0 unspecified atom stereocenters. The molecule has 0 saturated heterocycles. The van der Waals surface area contributed by atoms with Crippen molar-refractivity contribution in [1.82, 2.24) is 9.71 Å². The Morgan fingerprint density at radius 2 is 2.05 bits per heavy atom. The van der Waals surface area contributed by atoms with E-state index >= 15 is 0 Å². The first-order chi connectivity index (χ1) is 9.12. The lowest BCUT2D eigenvalue weighted by molar-refractivity contribution is 0.582. The van der Waals surface area contributed by atoms with Gasteiger partial charge in [0.05, 0.1) is 4.90 Å². The van der Waals surface area contributed by atoms with Gasteiger partial charge in [0.15, 0.2) is 0 Å². The molecule has 19 heavy (non-hydrogen) atoms. The summed E-state index contributed by atoms with van der Waals surface area (Å²) >= 11 is 1.35. The van der Waals surface area contributed by atoms with Crippen LogP contribution in [0, 0.1) is 0 Å². The van der Waals surface area contributed by atoms with E-state index in [-0.39, 0.29) is 4.90 Å². The van der Waals surface area contributed by atoms with E-state index in [9.17, 15) is 8.42 Å². The SMILES string of the molecule is NCc1cc(S(=O)(=O)NCCc2ccncc2)cs1. The maximum Gasteiger partial charge on any atom is 0.241 e. The summed E-state index contributed by atoms with van der Waals surface area (Å²) in [5, 5.41) is 1.61. The predicted octanol–water partition coefficient (Wildman–Crippen LogP) is 1.12. The molecule has 0 spiro atoms. The zero-order valence-electron chi connectivity index (χ0n) is 10.2. The molecule has 2 heterocycles. The Balaban J connectivity index is 1.94. The van der Waals surface area contributed by atoms with Gasteiger partial charge in [-0.2, -0.15) is 0 Å². The average Bonchev–Trinajstić information content (AvgIpc) is 2.89. The highest BCUT2D eigenvalue weighted by Crippen LogP contribution is 2.18. The highest BCUT2D eigenvalue weighted by atomic mass is 32.2. The second-order valence-corrected chi connectivity index (χ2v) is 6.72. The molecule has 0 aromatic carbocycles. The van der Waals surface area contributed by atoms with Crippen molar-refractivity contribution >= 4 is 21.4 Å². The lowest BCUT2D eigenvalue weighted by Gasteiger charge is -2.04. The van der Waals surface area contributed by atoms with Gasteiger partial charge in [-0.1, -0.05) is 0 Å². The lowest BCUT2D eigenvalue weighted by Crippen LogP contribution is -2.25. The summed E-state index contributed by atoms with van der Waals surface area (Å²) in [5.74, 6) is 0. The number of pyridine rings is 1. The molecule has 2 aromatic rings. The van der Waals surface area contributed by atoms with Gasteiger partial charge in [0, 0.05) is 35.7 Å². The summed E-state index contributed by atoms with van der Waals surface area (Å²) < 4.78 is 26.6. The van der Waals surface area contributed by atoms with E-state index in [1.165, 1.54) is 11.3 Å². The number of sulfonamides is 1. The van der Waals surface area contributed by atoms with E-state index in [0.717, 1.165) is 10.4 Å². The molecule has 7 heteroatoms. The van der Waals surface area contributed by atoms with Crippen LogP contribution in [0.2, 0.25) is 0 Å². The van der Waals surface area contributed by atoms with Gasteiger partial charge in [-0.25, -0.2) is 13.1 Å². The molecule has 0 amide bonds. The Morgan fingerprint density at radius 3 is 2.68 bits per heavy atom. The van der Waals surface area contributed by atoms with Gasteiger partial charge in [-0.05, 0) is 30.2 Å². The third-order valence-corrected chi connectivity index (χ3v) is 5.15. The predicted molar refractivity (Wildman–Crippen MR) is 75.3 cm³/mol. The van der Waals surface area contributed by atoms with Gasteiger partial charge >= 0.3 is 0 Å². The number of nitrogens with zero attached hydrogens (tertiary/aromatic N) is 1. The monoisotopic (exact) mass is 297 g/mol. The molecule has 102 valence electrons. The third-order valence-electron chi connectivity index (χ3n) is 2.60. The number of rotatable bonds is 6. The highest BCUT2D eigenvalue weighted by molar-refractivity contribution is 7.89. The van der Waals surface area contributed by atoms with Crippen LogP contribution in [0.15, 0.2) is 40.9 Å². The van der Waals surface area contributed by atoms with E-state index in [1.807, 2.05) is 12.1 Å². The van der Waals surface area contributed by atoms with Crippen LogP contribution in [0.4, 0.5) is 0 Å². The second-order valence-electron chi connectivity index (χ2n) is 3.96. The van der Waals surface area contributed by atoms with Gasteiger partial charge in [0.2, 0.25) is 10.0 Å². The Kier molecular flexibility index (Phi) is 4.65. The summed E-state index contributed by atoms with van der Waals surface area (Å²) in [6.45, 7) is 0.720. The number of thiophene rings is 1. The second kappa shape index (κ2) is 6.25. The Bertz CT molecular complexity index is 623. The Morgan fingerprint density at radius 1 is 1.32 bits per heavy atom. The van der Waals surface area contributed by atoms with Crippen LogP contribution >= 0.6 is 11.3 Å². The first-order valence-electron chi connectivity index (χ1n) is 5.78. The zero-order chi connectivity index (χ0) is 13.7. The standard InChI is InChI=1S/C12H15N3O2S2/c13-8-11-7-12(9-18-11)19(16,17)15-6-3-10-1-4-14-5-2-10/h1-2,4-5,7,9,15H,3,6,8,13H2. The Labute approximate surface area is 116 Å². The first-order valence-corrected chi connectivity index (χ1v) is 8.14. The molecular weight excluding hydrogens is 282 g/mol. The number of hydrogen-bond acceptors (Lipinski definition) is 5. The summed E-state index contributed by atoms with van der Waals surface area (Å²) in [4.78, 5) is 5.05. The fraction of sp³-hybridized carbons (Fsp3) is 0.250. The molecule has 2 rings (SSSR count). The molecule has 0 fully saturated rings. The van der Waals surface area contributed by atoms with Gasteiger partial charge in [0.1, 0.15) is 0 Å². The molecule has 5 nitrogen and oxygen atoms in total. The van der Waals surface area contributed by atoms with Crippen LogP contribution in [-0.2, 0) is 23.0 Å². The van der Waals surface area contributed by atoms with Crippen molar-refractivity contribution in [3.63, 3.8) is 0 Å². The van der Waals surface area contributed by atoms with E-state index in [0.29, 0.717) is 19.5 Å². The molecule has 3 N–H and O–H groups in total. The summed E-state index contributed by atoms with van der Waals surface area (Å²) in [5.41, 5.74) is 6.52. The van der Waals surface area contributed by atoms with Crippen molar-refractivity contribution in [2.45, 2.75) is 17.9 Å². The summed E-state index contributed by atoms with van der Waals surface area (Å²) in [6.07, 6.45) is 4.02. The minimum Gasteiger partial charge on any atom is -0.326 e. The highest BCUT2D eigenvalue weighted by Gasteiger charge is 2.15. The molecule has 0 aliphatic carbocycles. The fourth-order valence-corrected chi connectivity index (χ4v) is 3.76. The molecule has 0 radical (unpaired) electrons. The average molecular weight is 297 g/mol. The zero-order valence-corrected chi connectivity index (χ0v) is 11.9. The van der Waals surface area contributed by atoms with Crippen molar-refractivity contribution < 1.29 is 8.42 Å². The van der Waals surface area contributed by atoms with Crippen LogP contribution in [-0.4, -0.2) is 19.9 Å². The molecular formula is C12H15N3O2S2. The molecule has 0 bridgehead atoms. The summed E-state index contributed by atoms with van der Waals surface area (Å²) in [6, 6.07) is 5.34. The van der Waals surface area contributed by atoms with Crippen LogP contribution in [0.5, 0.6) is 0 Å². The maximum atomic E-state index is 12.0. The largest absolute Gasteiger partial charge is 0.326 e. The van der Waals surface area contributed by atoms with Crippen LogP contribution < -0.4 is 10.5 Å². The maximum absolute atomic E-state index is 12.0. The molecule has 0 saturated carbocycles. The topological polar surface area (TPSA) is 85.1 Å². The normalized spacial score (nSPS) is 11.6. The van der Waals surface area contributed by atoms with Gasteiger partial charge in [0.25, 0.3) is 0 Å². The van der Waals surface area contributed by atoms with Crippen molar-refractivity contribution in [3.05, 3.63) is 46.4 Å². The number of hydrogen-bond donors (Lipinski definition) is 2. The Hall–Kier alpha value is -1.28. The van der Waals surface area contributed by atoms with E-state index in [4.69, 9.17) is 5.73 Å². The lowest BCUT2D eigenvalue weighted by atomic mass is 10.2. The summed E-state index contributed by atoms with van der Waals surface area (Å²) in [7, 11) is -3.43. The van der Waals surface area contributed by atoms with E-state index in [2.05, 4.69) is 9.71 Å². The first kappa shape index (κ1) is 14.1. The van der Waals surface area contributed by atoms with E-state index in [1.54, 1.807) is 23.8 Å². The fourth-order valence-electron chi connectivity index (χ4n) is 1.57. The van der Waals surface area contributed by atoms with Crippen molar-refractivity contribution in [1.29, 1.82) is 0 Å².